The van der Waals surface area contributed by atoms with Crippen molar-refractivity contribution in [1.82, 2.24) is 0 Å². The van der Waals surface area contributed by atoms with Gasteiger partial charge in [-0.15, -0.1) is 0 Å². The van der Waals surface area contributed by atoms with Crippen LogP contribution in [-0.4, -0.2) is 8.07 Å². The fourth-order valence-electron chi connectivity index (χ4n) is 7.68. The fraction of sp³-hybridized carbons (Fsp3) is 0.0400. The number of anilines is 3. The Morgan fingerprint density at radius 3 is 1.36 bits per heavy atom. The average Bonchev–Trinajstić information content (AvgIpc) is 3.22. The summed E-state index contributed by atoms with van der Waals surface area (Å²) >= 11 is 0. The molecule has 1 heterocycles. The predicted molar refractivity (Wildman–Crippen MR) is 226 cm³/mol. The zero-order valence-corrected chi connectivity index (χ0v) is 30.9. The van der Waals surface area contributed by atoms with Crippen LogP contribution in [0, 0.1) is 0 Å². The molecule has 0 bridgehead atoms. The topological polar surface area (TPSA) is 12.5 Å². The first-order valence-electron chi connectivity index (χ1n) is 18.3. The number of fused-ring (bicyclic) bond motifs is 2. The third-order valence-electron chi connectivity index (χ3n) is 10.6. The molecule has 0 spiro atoms. The van der Waals surface area contributed by atoms with E-state index in [4.69, 9.17) is 4.74 Å². The number of hydrogen-bond donors (Lipinski definition) is 0. The van der Waals surface area contributed by atoms with E-state index in [0.717, 1.165) is 39.7 Å². The Labute approximate surface area is 313 Å². The Hall–Kier alpha value is -6.42. The average molecular weight is 698 g/mol. The Kier molecular flexibility index (Phi) is 8.34. The summed E-state index contributed by atoms with van der Waals surface area (Å²) in [5.74, 6) is 1.98. The van der Waals surface area contributed by atoms with Crippen LogP contribution in [0.25, 0.3) is 44.5 Å². The molecule has 53 heavy (non-hydrogen) atoms. The van der Waals surface area contributed by atoms with Crippen LogP contribution in [0.5, 0.6) is 11.5 Å². The molecule has 0 unspecified atom stereocenters. The smallest absolute Gasteiger partial charge is 0.134 e. The van der Waals surface area contributed by atoms with Gasteiger partial charge in [0.2, 0.25) is 0 Å². The van der Waals surface area contributed by atoms with Crippen molar-refractivity contribution < 1.29 is 4.74 Å². The maximum absolute atomic E-state index is 6.67. The molecule has 8 aromatic rings. The molecule has 0 saturated heterocycles. The first-order chi connectivity index (χ1) is 26.0. The van der Waals surface area contributed by atoms with Gasteiger partial charge in [0.1, 0.15) is 19.6 Å². The highest BCUT2D eigenvalue weighted by Crippen LogP contribution is 2.41. The van der Waals surface area contributed by atoms with E-state index in [-0.39, 0.29) is 0 Å². The molecular weight excluding hydrogens is 659 g/mol. The molecule has 254 valence electrons. The van der Waals surface area contributed by atoms with Gasteiger partial charge in [-0.3, -0.25) is 0 Å². The van der Waals surface area contributed by atoms with Crippen molar-refractivity contribution >= 4 is 35.5 Å². The van der Waals surface area contributed by atoms with Gasteiger partial charge in [-0.1, -0.05) is 165 Å². The molecule has 0 fully saturated rings. The SMILES string of the molecule is C[Si]1(C)c2ccccc2Oc2c(-c3ccc(N(c4ccc(-c5ccccc5)cc4)c4ccc(-c5cccc(-c6ccccc6)c5)cc4)cc3)cccc21. The maximum Gasteiger partial charge on any atom is 0.134 e. The van der Waals surface area contributed by atoms with Crippen LogP contribution in [0.1, 0.15) is 0 Å². The zero-order chi connectivity index (χ0) is 35.8. The van der Waals surface area contributed by atoms with E-state index in [1.54, 1.807) is 0 Å². The Morgan fingerprint density at radius 1 is 0.358 bits per heavy atom. The number of nitrogens with zero attached hydrogens (tertiary/aromatic N) is 1. The van der Waals surface area contributed by atoms with Crippen molar-refractivity contribution in [3.8, 4) is 56.0 Å². The first kappa shape index (κ1) is 32.5. The minimum atomic E-state index is -1.93. The van der Waals surface area contributed by atoms with Gasteiger partial charge in [0, 0.05) is 22.6 Å². The van der Waals surface area contributed by atoms with Crippen LogP contribution in [-0.2, 0) is 0 Å². The molecule has 1 aliphatic rings. The second-order valence-electron chi connectivity index (χ2n) is 14.2. The lowest BCUT2D eigenvalue weighted by molar-refractivity contribution is 0.488. The molecule has 8 aromatic carbocycles. The van der Waals surface area contributed by atoms with Gasteiger partial charge in [-0.05, 0) is 97.8 Å². The lowest BCUT2D eigenvalue weighted by atomic mass is 9.98. The van der Waals surface area contributed by atoms with E-state index >= 15 is 0 Å². The summed E-state index contributed by atoms with van der Waals surface area (Å²) in [4.78, 5) is 2.34. The number of hydrogen-bond acceptors (Lipinski definition) is 2. The monoisotopic (exact) mass is 697 g/mol. The molecular formula is C50H39NOSi. The van der Waals surface area contributed by atoms with Gasteiger partial charge in [0.25, 0.3) is 0 Å². The largest absolute Gasteiger partial charge is 0.457 e. The van der Waals surface area contributed by atoms with Crippen LogP contribution >= 0.6 is 0 Å². The Morgan fingerprint density at radius 2 is 0.774 bits per heavy atom. The zero-order valence-electron chi connectivity index (χ0n) is 29.9. The number of benzene rings is 8. The van der Waals surface area contributed by atoms with Crippen LogP contribution in [0.15, 0.2) is 200 Å². The summed E-state index contributed by atoms with van der Waals surface area (Å²) in [5.41, 5.74) is 12.8. The molecule has 1 aliphatic heterocycles. The van der Waals surface area contributed by atoms with E-state index in [0.29, 0.717) is 0 Å². The van der Waals surface area contributed by atoms with E-state index in [9.17, 15) is 0 Å². The Bertz CT molecular complexity index is 2520. The molecule has 0 radical (unpaired) electrons. The molecule has 0 amide bonds. The van der Waals surface area contributed by atoms with Gasteiger partial charge < -0.3 is 9.64 Å². The highest BCUT2D eigenvalue weighted by atomic mass is 28.3. The maximum atomic E-state index is 6.67. The molecule has 0 N–H and O–H groups in total. The third-order valence-corrected chi connectivity index (χ3v) is 14.1. The summed E-state index contributed by atoms with van der Waals surface area (Å²) in [5, 5.41) is 2.69. The molecule has 0 aromatic heterocycles. The van der Waals surface area contributed by atoms with Crippen LogP contribution in [0.2, 0.25) is 13.1 Å². The van der Waals surface area contributed by atoms with Crippen LogP contribution in [0.4, 0.5) is 17.1 Å². The van der Waals surface area contributed by atoms with Gasteiger partial charge in [-0.25, -0.2) is 0 Å². The molecule has 0 atom stereocenters. The number of ether oxygens (including phenoxy) is 1. The van der Waals surface area contributed by atoms with Gasteiger partial charge >= 0.3 is 0 Å². The van der Waals surface area contributed by atoms with Crippen molar-refractivity contribution in [2.75, 3.05) is 4.90 Å². The van der Waals surface area contributed by atoms with Crippen molar-refractivity contribution in [3.63, 3.8) is 0 Å². The summed E-state index contributed by atoms with van der Waals surface area (Å²) < 4.78 is 6.67. The van der Waals surface area contributed by atoms with Crippen LogP contribution in [0.3, 0.4) is 0 Å². The van der Waals surface area contributed by atoms with E-state index in [2.05, 4.69) is 218 Å². The van der Waals surface area contributed by atoms with Gasteiger partial charge in [-0.2, -0.15) is 0 Å². The normalized spacial score (nSPS) is 12.6. The number of rotatable bonds is 7. The van der Waals surface area contributed by atoms with Crippen molar-refractivity contribution in [3.05, 3.63) is 200 Å². The highest BCUT2D eigenvalue weighted by molar-refractivity contribution is 7.01. The lowest BCUT2D eigenvalue weighted by Gasteiger charge is -2.34. The minimum absolute atomic E-state index is 0.987. The van der Waals surface area contributed by atoms with E-state index in [1.165, 1.54) is 43.8 Å². The fourth-order valence-corrected chi connectivity index (χ4v) is 10.5. The standard InChI is InChI=1S/C50H39NOSi/c1-53(2)48-21-10-9-20-47(48)52-50-46(19-12-22-49(50)53)40-27-33-45(34-28-40)51(43-29-23-38(24-30-43)36-13-5-3-6-14-36)44-31-25-39(26-32-44)42-18-11-17-41(35-42)37-15-7-4-8-16-37/h3-35H,1-2H3. The minimum Gasteiger partial charge on any atom is -0.457 e. The van der Waals surface area contributed by atoms with Crippen molar-refractivity contribution in [2.45, 2.75) is 13.1 Å². The van der Waals surface area contributed by atoms with Crippen molar-refractivity contribution in [1.29, 1.82) is 0 Å². The second kappa shape index (κ2) is 13.6. The lowest BCUT2D eigenvalue weighted by Crippen LogP contribution is -2.56. The van der Waals surface area contributed by atoms with Crippen molar-refractivity contribution in [2.24, 2.45) is 0 Å². The summed E-state index contributed by atoms with van der Waals surface area (Å²) in [6, 6.07) is 71.8. The predicted octanol–water partition coefficient (Wildman–Crippen LogP) is 12.8. The van der Waals surface area contributed by atoms with Gasteiger partial charge in [0.15, 0.2) is 0 Å². The molecule has 0 aliphatic carbocycles. The van der Waals surface area contributed by atoms with E-state index < -0.39 is 8.07 Å². The molecule has 9 rings (SSSR count). The Balaban J connectivity index is 1.08. The third kappa shape index (κ3) is 6.16. The van der Waals surface area contributed by atoms with E-state index in [1.807, 2.05) is 0 Å². The highest BCUT2D eigenvalue weighted by Gasteiger charge is 2.37. The number of para-hydroxylation sites is 2. The summed E-state index contributed by atoms with van der Waals surface area (Å²) in [7, 11) is -1.93. The second-order valence-corrected chi connectivity index (χ2v) is 18.5. The molecule has 2 nitrogen and oxygen atoms in total. The van der Waals surface area contributed by atoms with Crippen LogP contribution < -0.4 is 20.0 Å². The van der Waals surface area contributed by atoms with Gasteiger partial charge in [0.05, 0.1) is 0 Å². The first-order valence-corrected chi connectivity index (χ1v) is 21.3. The quantitative estimate of drug-likeness (QED) is 0.154. The summed E-state index contributed by atoms with van der Waals surface area (Å²) in [6.07, 6.45) is 0. The molecule has 3 heteroatoms. The molecule has 0 saturated carbocycles. The summed E-state index contributed by atoms with van der Waals surface area (Å²) in [6.45, 7) is 4.85.